The highest BCUT2D eigenvalue weighted by Gasteiger charge is 2.33. The maximum Gasteiger partial charge on any atom is 0.320 e. The van der Waals surface area contributed by atoms with Crippen LogP contribution in [0.1, 0.15) is 56.8 Å². The van der Waals surface area contributed by atoms with Gasteiger partial charge in [-0.05, 0) is 31.4 Å². The van der Waals surface area contributed by atoms with E-state index in [0.29, 0.717) is 24.2 Å². The molecule has 2 heterocycles. The fourth-order valence-corrected chi connectivity index (χ4v) is 5.71. The van der Waals surface area contributed by atoms with Crippen molar-refractivity contribution in [1.29, 1.82) is 0 Å². The van der Waals surface area contributed by atoms with Crippen molar-refractivity contribution in [2.75, 3.05) is 52.5 Å². The Morgan fingerprint density at radius 1 is 0.680 bits per heavy atom. The number of rotatable bonds is 20. The van der Waals surface area contributed by atoms with Gasteiger partial charge in [-0.1, -0.05) is 19.4 Å². The molecule has 5 atom stereocenters. The summed E-state index contributed by atoms with van der Waals surface area (Å²) in [5, 5.41) is 72.6. The van der Waals surface area contributed by atoms with E-state index in [4.69, 9.17) is 10.2 Å². The minimum Gasteiger partial charge on any atom is -0.480 e. The minimum atomic E-state index is -1.25. The molecule has 9 N–H and O–H groups in total. The van der Waals surface area contributed by atoms with Crippen LogP contribution in [0.5, 0.6) is 0 Å². The number of nitrogens with one attached hydrogen (secondary N) is 2. The van der Waals surface area contributed by atoms with E-state index in [1.165, 1.54) is 0 Å². The first-order valence-corrected chi connectivity index (χ1v) is 16.8. The van der Waals surface area contributed by atoms with Crippen LogP contribution in [-0.4, -0.2) is 168 Å². The Morgan fingerprint density at radius 3 is 1.44 bits per heavy atom. The maximum atomic E-state index is 12.6. The lowest BCUT2D eigenvalue weighted by Gasteiger charge is -2.37. The Balaban J connectivity index is 2.45. The van der Waals surface area contributed by atoms with E-state index in [-0.39, 0.29) is 78.0 Å². The van der Waals surface area contributed by atoms with Crippen molar-refractivity contribution in [1.82, 2.24) is 30.3 Å². The molecule has 18 nitrogen and oxygen atoms in total. The van der Waals surface area contributed by atoms with E-state index in [0.717, 1.165) is 0 Å². The standard InChI is InChI=1S/C32H52N6O12/c1-2-4-25(30(45)46)37-13-11-36(26(31(47)48)7-9-28(43)33-15-23(41)19-39)12-14-38(18-22-6-3-5-21(17-37)35-22)27(32(49)50)8-10-29(44)34-16-24(42)20-40/h3,5-6,23-27,39-42H,2,4,7-20H2,1H3,(H,33,43)(H,34,44)(H,45,46)(H,47,48)(H,49,50)/t23?,24?,25-,26-,27-/m1/s1. The fraction of sp³-hybridized carbons (Fsp3) is 0.688. The molecule has 282 valence electrons. The number of aliphatic carboxylic acids is 3. The summed E-state index contributed by atoms with van der Waals surface area (Å²) in [7, 11) is 0. The van der Waals surface area contributed by atoms with Crippen molar-refractivity contribution in [3.63, 3.8) is 0 Å². The highest BCUT2D eigenvalue weighted by atomic mass is 16.4. The smallest absolute Gasteiger partial charge is 0.320 e. The topological polar surface area (TPSA) is 274 Å². The van der Waals surface area contributed by atoms with Gasteiger partial charge in [-0.25, -0.2) is 0 Å². The quantitative estimate of drug-likeness (QED) is 0.0685. The molecule has 1 aliphatic rings. The first kappa shape index (κ1) is 42.4. The number of carbonyl (C=O) groups excluding carboxylic acids is 2. The first-order chi connectivity index (χ1) is 23.8. The molecule has 18 heteroatoms. The number of hydrogen-bond donors (Lipinski definition) is 9. The summed E-state index contributed by atoms with van der Waals surface area (Å²) >= 11 is 0. The number of carboxylic acids is 3. The second-order valence-corrected chi connectivity index (χ2v) is 12.3. The Labute approximate surface area is 290 Å². The summed E-state index contributed by atoms with van der Waals surface area (Å²) in [4.78, 5) is 72.0. The van der Waals surface area contributed by atoms with Crippen molar-refractivity contribution < 1.29 is 59.7 Å². The molecule has 2 bridgehead atoms. The number of aliphatic hydroxyl groups excluding tert-OH is 4. The summed E-state index contributed by atoms with van der Waals surface area (Å²) in [5.41, 5.74) is 1.01. The predicted molar refractivity (Wildman–Crippen MR) is 176 cm³/mol. The third-order valence-electron chi connectivity index (χ3n) is 8.46. The van der Waals surface area contributed by atoms with Crippen LogP contribution in [-0.2, 0) is 37.1 Å². The van der Waals surface area contributed by atoms with Gasteiger partial charge >= 0.3 is 17.9 Å². The van der Waals surface area contributed by atoms with Gasteiger partial charge in [0.15, 0.2) is 0 Å². The Morgan fingerprint density at radius 2 is 1.06 bits per heavy atom. The zero-order valence-electron chi connectivity index (χ0n) is 28.4. The van der Waals surface area contributed by atoms with Gasteiger partial charge < -0.3 is 46.4 Å². The first-order valence-electron chi connectivity index (χ1n) is 16.8. The number of carboxylic acid groups (broad SMARTS) is 3. The Bertz CT molecular complexity index is 1260. The molecule has 1 aromatic heterocycles. The highest BCUT2D eigenvalue weighted by Crippen LogP contribution is 2.19. The molecule has 50 heavy (non-hydrogen) atoms. The van der Waals surface area contributed by atoms with Crippen molar-refractivity contribution in [3.05, 3.63) is 29.6 Å². The Kier molecular flexibility index (Phi) is 18.8. The molecule has 0 spiro atoms. The summed E-state index contributed by atoms with van der Waals surface area (Å²) < 4.78 is 0. The van der Waals surface area contributed by atoms with Gasteiger partial charge in [0.2, 0.25) is 11.8 Å². The highest BCUT2D eigenvalue weighted by molar-refractivity contribution is 5.79. The molecule has 1 aromatic rings. The Hall–Kier alpha value is -3.78. The lowest BCUT2D eigenvalue weighted by atomic mass is 10.1. The van der Waals surface area contributed by atoms with Crippen LogP contribution in [0.15, 0.2) is 18.2 Å². The van der Waals surface area contributed by atoms with Crippen LogP contribution < -0.4 is 10.6 Å². The second-order valence-electron chi connectivity index (χ2n) is 12.3. The van der Waals surface area contributed by atoms with Crippen LogP contribution in [0.4, 0.5) is 0 Å². The average molecular weight is 713 g/mol. The number of hydrogen-bond acceptors (Lipinski definition) is 13. The van der Waals surface area contributed by atoms with E-state index in [2.05, 4.69) is 15.6 Å². The largest absolute Gasteiger partial charge is 0.480 e. The molecule has 2 unspecified atom stereocenters. The van der Waals surface area contributed by atoms with Gasteiger partial charge in [-0.15, -0.1) is 0 Å². The van der Waals surface area contributed by atoms with Crippen LogP contribution >= 0.6 is 0 Å². The molecule has 0 radical (unpaired) electrons. The number of nitrogens with zero attached hydrogens (tertiary/aromatic N) is 4. The van der Waals surface area contributed by atoms with Gasteiger partial charge in [-0.3, -0.25) is 43.7 Å². The van der Waals surface area contributed by atoms with Crippen LogP contribution in [0.3, 0.4) is 0 Å². The minimum absolute atomic E-state index is 0.000469. The van der Waals surface area contributed by atoms with Crippen LogP contribution in [0.2, 0.25) is 0 Å². The van der Waals surface area contributed by atoms with Crippen molar-refractivity contribution in [3.8, 4) is 0 Å². The number of aromatic nitrogens is 1. The lowest BCUT2D eigenvalue weighted by Crippen LogP contribution is -2.52. The molecule has 1 aliphatic heterocycles. The number of amides is 2. The summed E-state index contributed by atoms with van der Waals surface area (Å²) in [6, 6.07) is 1.83. The number of pyridine rings is 1. The molecule has 0 saturated heterocycles. The normalized spacial score (nSPS) is 18.0. The average Bonchev–Trinajstić information content (AvgIpc) is 3.07. The van der Waals surface area contributed by atoms with Crippen molar-refractivity contribution in [2.45, 2.75) is 88.9 Å². The molecule has 0 saturated carbocycles. The third-order valence-corrected chi connectivity index (χ3v) is 8.46. The van der Waals surface area contributed by atoms with E-state index in [1.807, 2.05) is 6.92 Å². The maximum absolute atomic E-state index is 12.6. The fourth-order valence-electron chi connectivity index (χ4n) is 5.71. The molecule has 2 rings (SSSR count). The molecular formula is C32H52N6O12. The number of fused-ring (bicyclic) bond motifs is 2. The molecule has 0 fully saturated rings. The summed E-state index contributed by atoms with van der Waals surface area (Å²) in [5.74, 6) is -4.59. The number of aliphatic hydroxyl groups is 4. The second kappa shape index (κ2) is 22.1. The van der Waals surface area contributed by atoms with Crippen molar-refractivity contribution >= 4 is 29.7 Å². The van der Waals surface area contributed by atoms with Gasteiger partial charge in [-0.2, -0.15) is 0 Å². The molecule has 0 aromatic carbocycles. The van der Waals surface area contributed by atoms with Crippen molar-refractivity contribution in [2.24, 2.45) is 0 Å². The van der Waals surface area contributed by atoms with Gasteiger partial charge in [0.25, 0.3) is 0 Å². The van der Waals surface area contributed by atoms with E-state index in [1.54, 1.807) is 32.9 Å². The number of carbonyl (C=O) groups is 5. The molecular weight excluding hydrogens is 660 g/mol. The molecule has 2 amide bonds. The monoisotopic (exact) mass is 712 g/mol. The zero-order valence-corrected chi connectivity index (χ0v) is 28.4. The SMILES string of the molecule is CCC[C@H](C(=O)O)N1CCN([C@H](CCC(=O)NCC(O)CO)C(=O)O)CCN([C@H](CCC(=O)NCC(O)CO)C(=O)O)Cc2cccc(n2)C1. The lowest BCUT2D eigenvalue weighted by molar-refractivity contribution is -0.147. The summed E-state index contributed by atoms with van der Waals surface area (Å²) in [6.45, 7) is 0.596. The predicted octanol–water partition coefficient (Wildman–Crippen LogP) is -2.34. The third kappa shape index (κ3) is 14.6. The van der Waals surface area contributed by atoms with E-state index >= 15 is 0 Å². The van der Waals surface area contributed by atoms with E-state index in [9.17, 15) is 49.5 Å². The summed E-state index contributed by atoms with van der Waals surface area (Å²) in [6.07, 6.45) is -2.19. The zero-order chi connectivity index (χ0) is 37.2. The van der Waals surface area contributed by atoms with Gasteiger partial charge in [0.05, 0.1) is 36.8 Å². The van der Waals surface area contributed by atoms with Crippen LogP contribution in [0.25, 0.3) is 0 Å². The van der Waals surface area contributed by atoms with Gasteiger partial charge in [0, 0.05) is 65.2 Å². The molecule has 0 aliphatic carbocycles. The van der Waals surface area contributed by atoms with Crippen LogP contribution in [0, 0.1) is 0 Å². The van der Waals surface area contributed by atoms with Gasteiger partial charge in [0.1, 0.15) is 18.1 Å². The van der Waals surface area contributed by atoms with E-state index < -0.39 is 73.3 Å².